The van der Waals surface area contributed by atoms with Gasteiger partial charge in [0.25, 0.3) is 5.91 Å². The zero-order valence-electron chi connectivity index (χ0n) is 14.6. The number of aliphatic carboxylic acids is 1. The van der Waals surface area contributed by atoms with Crippen LogP contribution in [0, 0.1) is 5.92 Å². The van der Waals surface area contributed by atoms with Crippen molar-refractivity contribution in [3.05, 3.63) is 66.1 Å². The third kappa shape index (κ3) is 3.68. The predicted octanol–water partition coefficient (Wildman–Crippen LogP) is 3.17. The molecule has 0 radical (unpaired) electrons. The molecule has 2 aromatic heterocycles. The molecule has 7 heteroatoms. The number of nitrogens with zero attached hydrogens (tertiary/aromatic N) is 3. The average Bonchev–Trinajstić information content (AvgIpc) is 3.33. The Kier molecular flexibility index (Phi) is 4.85. The van der Waals surface area contributed by atoms with E-state index < -0.39 is 11.9 Å². The van der Waals surface area contributed by atoms with E-state index in [9.17, 15) is 9.59 Å². The Balaban J connectivity index is 1.49. The lowest BCUT2D eigenvalue weighted by Gasteiger charge is -2.17. The molecule has 0 bridgehead atoms. The first kappa shape index (κ1) is 17.6. The summed E-state index contributed by atoms with van der Waals surface area (Å²) >= 11 is 1.57. The highest BCUT2D eigenvalue weighted by molar-refractivity contribution is 7.98. The first-order chi connectivity index (χ1) is 13.1. The van der Waals surface area contributed by atoms with Crippen LogP contribution in [0.1, 0.15) is 22.5 Å². The van der Waals surface area contributed by atoms with Crippen LogP contribution in [0.25, 0.3) is 5.65 Å². The number of hydrogen-bond donors (Lipinski definition) is 1. The molecule has 0 spiro atoms. The van der Waals surface area contributed by atoms with Gasteiger partial charge in [0.1, 0.15) is 5.65 Å². The number of rotatable bonds is 5. The van der Waals surface area contributed by atoms with Gasteiger partial charge in [-0.3, -0.25) is 9.59 Å². The summed E-state index contributed by atoms with van der Waals surface area (Å²) in [4.78, 5) is 31.2. The second-order valence-corrected chi connectivity index (χ2v) is 7.58. The summed E-state index contributed by atoms with van der Waals surface area (Å²) < 4.78 is 1.98. The minimum atomic E-state index is -0.834. The smallest absolute Gasteiger partial charge is 0.308 e. The Morgan fingerprint density at radius 3 is 2.78 bits per heavy atom. The molecule has 1 aliphatic heterocycles. The number of carbonyl (C=O) groups is 2. The summed E-state index contributed by atoms with van der Waals surface area (Å²) in [6.07, 6.45) is 4.46. The first-order valence-electron chi connectivity index (χ1n) is 8.78. The lowest BCUT2D eigenvalue weighted by Crippen LogP contribution is -2.30. The van der Waals surface area contributed by atoms with E-state index in [1.807, 2.05) is 59.3 Å². The summed E-state index contributed by atoms with van der Waals surface area (Å²) in [5, 5.41) is 9.16. The molecule has 3 aromatic rings. The van der Waals surface area contributed by atoms with Gasteiger partial charge < -0.3 is 14.4 Å². The summed E-state index contributed by atoms with van der Waals surface area (Å²) in [5.74, 6) is -0.743. The fourth-order valence-corrected chi connectivity index (χ4v) is 4.22. The molecule has 6 nitrogen and oxygen atoms in total. The minimum Gasteiger partial charge on any atom is -0.481 e. The van der Waals surface area contributed by atoms with E-state index in [1.165, 1.54) is 0 Å². The highest BCUT2D eigenvalue weighted by Gasteiger charge is 2.32. The second kappa shape index (κ2) is 7.44. The van der Waals surface area contributed by atoms with Crippen LogP contribution in [-0.2, 0) is 10.5 Å². The fourth-order valence-electron chi connectivity index (χ4n) is 3.29. The van der Waals surface area contributed by atoms with E-state index >= 15 is 0 Å². The van der Waals surface area contributed by atoms with Gasteiger partial charge >= 0.3 is 5.97 Å². The maximum Gasteiger partial charge on any atom is 0.308 e. The number of carbonyl (C=O) groups excluding carboxylic acids is 1. The van der Waals surface area contributed by atoms with Gasteiger partial charge in [-0.05, 0) is 30.7 Å². The molecule has 27 heavy (non-hydrogen) atoms. The number of fused-ring (bicyclic) bond motifs is 1. The molecule has 0 saturated carbocycles. The molecular formula is C20H19N3O3S. The van der Waals surface area contributed by atoms with Gasteiger partial charge in [-0.2, -0.15) is 0 Å². The number of hydrogen-bond acceptors (Lipinski definition) is 4. The molecule has 4 rings (SSSR count). The van der Waals surface area contributed by atoms with Crippen LogP contribution in [-0.4, -0.2) is 44.4 Å². The lowest BCUT2D eigenvalue weighted by molar-refractivity contribution is -0.141. The molecule has 1 saturated heterocycles. The molecule has 3 heterocycles. The monoisotopic (exact) mass is 381 g/mol. The van der Waals surface area contributed by atoms with Crippen molar-refractivity contribution in [2.24, 2.45) is 5.92 Å². The van der Waals surface area contributed by atoms with Gasteiger partial charge in [0.2, 0.25) is 0 Å². The molecular weight excluding hydrogens is 362 g/mol. The van der Waals surface area contributed by atoms with Crippen LogP contribution in [0.4, 0.5) is 0 Å². The molecule has 0 aliphatic carbocycles. The van der Waals surface area contributed by atoms with Crippen molar-refractivity contribution in [1.29, 1.82) is 0 Å². The quantitative estimate of drug-likeness (QED) is 0.687. The number of pyridine rings is 1. The Hall–Kier alpha value is -2.80. The van der Waals surface area contributed by atoms with Gasteiger partial charge in [0.05, 0.1) is 17.2 Å². The Bertz CT molecular complexity index is 968. The molecule has 1 aromatic carbocycles. The average molecular weight is 381 g/mol. The maximum atomic E-state index is 12.9. The number of imidazole rings is 1. The van der Waals surface area contributed by atoms with Crippen LogP contribution >= 0.6 is 11.8 Å². The fraction of sp³-hybridized carbons (Fsp3) is 0.250. The van der Waals surface area contributed by atoms with Crippen molar-refractivity contribution in [2.45, 2.75) is 17.1 Å². The normalized spacial score (nSPS) is 16.7. The Morgan fingerprint density at radius 1 is 1.19 bits per heavy atom. The van der Waals surface area contributed by atoms with E-state index in [1.54, 1.807) is 16.7 Å². The molecule has 1 aliphatic rings. The molecule has 1 N–H and O–H groups in total. The van der Waals surface area contributed by atoms with Crippen molar-refractivity contribution in [1.82, 2.24) is 14.3 Å². The number of carboxylic acids is 1. The van der Waals surface area contributed by atoms with E-state index in [-0.39, 0.29) is 12.5 Å². The van der Waals surface area contributed by atoms with E-state index in [0.717, 1.165) is 16.2 Å². The van der Waals surface area contributed by atoms with Crippen LogP contribution < -0.4 is 0 Å². The molecule has 1 amide bonds. The van der Waals surface area contributed by atoms with Crippen LogP contribution in [0.5, 0.6) is 0 Å². The number of likely N-dealkylation sites (tertiary alicyclic amines) is 1. The van der Waals surface area contributed by atoms with Crippen molar-refractivity contribution >= 4 is 29.3 Å². The van der Waals surface area contributed by atoms with Crippen LogP contribution in [0.15, 0.2) is 59.8 Å². The topological polar surface area (TPSA) is 74.9 Å². The summed E-state index contributed by atoms with van der Waals surface area (Å²) in [5.41, 5.74) is 2.46. The van der Waals surface area contributed by atoms with Crippen molar-refractivity contribution in [3.8, 4) is 0 Å². The maximum absolute atomic E-state index is 12.9. The second-order valence-electron chi connectivity index (χ2n) is 6.56. The van der Waals surface area contributed by atoms with Gasteiger partial charge in [-0.1, -0.05) is 18.2 Å². The van der Waals surface area contributed by atoms with Gasteiger partial charge in [-0.15, -0.1) is 11.8 Å². The van der Waals surface area contributed by atoms with Crippen molar-refractivity contribution in [3.63, 3.8) is 0 Å². The highest BCUT2D eigenvalue weighted by Crippen LogP contribution is 2.28. The summed E-state index contributed by atoms with van der Waals surface area (Å²) in [6, 6.07) is 13.4. The lowest BCUT2D eigenvalue weighted by atomic mass is 10.1. The Labute approximate surface area is 160 Å². The highest BCUT2D eigenvalue weighted by atomic mass is 32.2. The third-order valence-electron chi connectivity index (χ3n) is 4.73. The zero-order chi connectivity index (χ0) is 18.8. The minimum absolute atomic E-state index is 0.100. The molecule has 1 unspecified atom stereocenters. The van der Waals surface area contributed by atoms with Gasteiger partial charge in [-0.25, -0.2) is 4.98 Å². The van der Waals surface area contributed by atoms with Gasteiger partial charge in [0, 0.05) is 36.1 Å². The predicted molar refractivity (Wildman–Crippen MR) is 103 cm³/mol. The zero-order valence-corrected chi connectivity index (χ0v) is 15.4. The van der Waals surface area contributed by atoms with E-state index in [0.29, 0.717) is 24.3 Å². The van der Waals surface area contributed by atoms with Crippen molar-refractivity contribution in [2.75, 3.05) is 13.1 Å². The SMILES string of the molecule is O=C(O)C1CCN(C(=O)c2ccccc2SCc2cn3ccccc3n2)C1. The van der Waals surface area contributed by atoms with Crippen LogP contribution in [0.3, 0.4) is 0 Å². The van der Waals surface area contributed by atoms with E-state index in [4.69, 9.17) is 5.11 Å². The van der Waals surface area contributed by atoms with Crippen molar-refractivity contribution < 1.29 is 14.7 Å². The number of thioether (sulfide) groups is 1. The van der Waals surface area contributed by atoms with E-state index in [2.05, 4.69) is 4.98 Å². The van der Waals surface area contributed by atoms with Gasteiger partial charge in [0.15, 0.2) is 0 Å². The number of carboxylic acid groups (broad SMARTS) is 1. The molecule has 1 fully saturated rings. The standard InChI is InChI=1S/C20H19N3O3S/c24-19(23-10-8-14(11-23)20(25)26)16-5-1-2-6-17(16)27-13-15-12-22-9-4-3-7-18(22)21-15/h1-7,9,12,14H,8,10-11,13H2,(H,25,26). The third-order valence-corrected chi connectivity index (χ3v) is 5.84. The van der Waals surface area contributed by atoms with Crippen LogP contribution in [0.2, 0.25) is 0 Å². The number of amides is 1. The number of benzene rings is 1. The Morgan fingerprint density at radius 2 is 2.00 bits per heavy atom. The number of aromatic nitrogens is 2. The largest absolute Gasteiger partial charge is 0.481 e. The summed E-state index contributed by atoms with van der Waals surface area (Å²) in [7, 11) is 0. The molecule has 1 atom stereocenters. The first-order valence-corrected chi connectivity index (χ1v) is 9.77. The summed E-state index contributed by atoms with van der Waals surface area (Å²) in [6.45, 7) is 0.765. The molecule has 138 valence electrons.